The van der Waals surface area contributed by atoms with Crippen LogP contribution in [0.3, 0.4) is 0 Å². The van der Waals surface area contributed by atoms with Crippen molar-refractivity contribution in [3.63, 3.8) is 0 Å². The van der Waals surface area contributed by atoms with Crippen LogP contribution in [0, 0.1) is 39.4 Å². The maximum absolute atomic E-state index is 14.2. The van der Waals surface area contributed by atoms with E-state index in [1.54, 1.807) is 32.9 Å². The number of rotatable bonds is 4. The summed E-state index contributed by atoms with van der Waals surface area (Å²) >= 11 is 0. The van der Waals surface area contributed by atoms with Crippen molar-refractivity contribution in [3.05, 3.63) is 23.8 Å². The molecular weight excluding hydrogens is 456 g/mol. The van der Waals surface area contributed by atoms with Gasteiger partial charge in [-0.25, -0.2) is 0 Å². The lowest BCUT2D eigenvalue weighted by Gasteiger charge is -2.64. The molecule has 4 aliphatic rings. The van der Waals surface area contributed by atoms with E-state index in [9.17, 15) is 30.0 Å². The molecule has 3 fully saturated rings. The molecule has 0 heterocycles. The van der Waals surface area contributed by atoms with Gasteiger partial charge in [-0.15, -0.1) is 0 Å². The summed E-state index contributed by atoms with van der Waals surface area (Å²) in [6.45, 7) is 15.1. The molecule has 202 valence electrons. The number of aliphatic hydroxyl groups excluding tert-OH is 2. The first-order valence-electron chi connectivity index (χ1n) is 13.5. The van der Waals surface area contributed by atoms with Crippen LogP contribution in [0.1, 0.15) is 87.5 Å². The molecule has 0 aromatic heterocycles. The molecule has 0 saturated heterocycles. The molecule has 0 aromatic rings. The molecule has 6 nitrogen and oxygen atoms in total. The third-order valence-corrected chi connectivity index (χ3v) is 11.2. The van der Waals surface area contributed by atoms with Gasteiger partial charge in [-0.1, -0.05) is 58.4 Å². The van der Waals surface area contributed by atoms with Crippen LogP contribution in [0.4, 0.5) is 0 Å². The second kappa shape index (κ2) is 8.08. The van der Waals surface area contributed by atoms with Gasteiger partial charge < -0.3 is 20.4 Å². The summed E-state index contributed by atoms with van der Waals surface area (Å²) < 4.78 is 0. The maximum atomic E-state index is 14.2. The van der Waals surface area contributed by atoms with Crippen LogP contribution < -0.4 is 0 Å². The van der Waals surface area contributed by atoms with Gasteiger partial charge in [0.15, 0.2) is 5.78 Å². The molecule has 0 aliphatic heterocycles. The summed E-state index contributed by atoms with van der Waals surface area (Å²) in [5.74, 6) is -0.994. The quantitative estimate of drug-likeness (QED) is 0.435. The van der Waals surface area contributed by atoms with E-state index in [4.69, 9.17) is 0 Å². The molecule has 6 heteroatoms. The van der Waals surface area contributed by atoms with E-state index >= 15 is 0 Å². The Morgan fingerprint density at radius 3 is 2.22 bits per heavy atom. The molecule has 4 N–H and O–H groups in total. The van der Waals surface area contributed by atoms with Gasteiger partial charge in [0.2, 0.25) is 0 Å². The number of carbonyl (C=O) groups excluding carboxylic acids is 2. The zero-order chi connectivity index (χ0) is 27.3. The van der Waals surface area contributed by atoms with E-state index in [2.05, 4.69) is 19.9 Å². The average Bonchev–Trinajstić information content (AvgIpc) is 2.91. The van der Waals surface area contributed by atoms with Crippen LogP contribution in [0.2, 0.25) is 0 Å². The van der Waals surface area contributed by atoms with Crippen LogP contribution in [0.25, 0.3) is 0 Å². The standard InChI is InChI=1S/C30H46O6/c1-25(2,35)12-9-13-29(7,36)23-20(32)15-27(5)21-11-10-17-18(14-19(31)24(34)26(17,3)4)30(21,8)22(33)16-28(23,27)6/h9-10,12,18,20-21,23-24,32,34-36H,11,13-16H2,1-8H3/b12-9+. The van der Waals surface area contributed by atoms with Crippen molar-refractivity contribution in [1.29, 1.82) is 0 Å². The molecule has 9 unspecified atom stereocenters. The van der Waals surface area contributed by atoms with Crippen molar-refractivity contribution in [2.75, 3.05) is 0 Å². The molecule has 0 bridgehead atoms. The Labute approximate surface area is 215 Å². The van der Waals surface area contributed by atoms with E-state index in [1.165, 1.54) is 0 Å². The highest BCUT2D eigenvalue weighted by atomic mass is 16.3. The van der Waals surface area contributed by atoms with Crippen molar-refractivity contribution in [1.82, 2.24) is 0 Å². The fourth-order valence-corrected chi connectivity index (χ4v) is 9.17. The molecule has 0 aromatic carbocycles. The molecule has 9 atom stereocenters. The zero-order valence-corrected chi connectivity index (χ0v) is 23.3. The summed E-state index contributed by atoms with van der Waals surface area (Å²) in [6, 6.07) is 0. The van der Waals surface area contributed by atoms with Gasteiger partial charge >= 0.3 is 0 Å². The fraction of sp³-hybridized carbons (Fsp3) is 0.800. The second-order valence-electron chi connectivity index (χ2n) is 14.4. The number of fused-ring (bicyclic) bond motifs is 5. The normalized spacial score (nSPS) is 46.1. The SMILES string of the molecule is CC(C)(O)/C=C/CC(C)(O)C1C(O)CC2(C)C3CC=C4C(CC(=O)C(O)C4(C)C)C3(C)C(=O)CC12C. The van der Waals surface area contributed by atoms with Crippen LogP contribution in [-0.4, -0.2) is 55.4 Å². The van der Waals surface area contributed by atoms with Gasteiger partial charge in [0.1, 0.15) is 11.9 Å². The van der Waals surface area contributed by atoms with Crippen LogP contribution in [0.5, 0.6) is 0 Å². The van der Waals surface area contributed by atoms with Crippen molar-refractivity contribution >= 4 is 11.6 Å². The summed E-state index contributed by atoms with van der Waals surface area (Å²) in [7, 11) is 0. The smallest absolute Gasteiger partial charge is 0.162 e. The lowest BCUT2D eigenvalue weighted by molar-refractivity contribution is -0.181. The van der Waals surface area contributed by atoms with Crippen LogP contribution in [-0.2, 0) is 9.59 Å². The molecular formula is C30H46O6. The Morgan fingerprint density at radius 1 is 1.03 bits per heavy atom. The highest BCUT2D eigenvalue weighted by molar-refractivity contribution is 5.92. The van der Waals surface area contributed by atoms with E-state index in [0.29, 0.717) is 12.8 Å². The van der Waals surface area contributed by atoms with Gasteiger partial charge in [0.25, 0.3) is 0 Å². The highest BCUT2D eigenvalue weighted by Gasteiger charge is 2.73. The number of hydrogen-bond acceptors (Lipinski definition) is 6. The number of Topliss-reactive ketones (excluding diaryl/α,β-unsaturated/α-hetero) is 2. The number of allylic oxidation sites excluding steroid dienone is 1. The predicted molar refractivity (Wildman–Crippen MR) is 138 cm³/mol. The Morgan fingerprint density at radius 2 is 1.64 bits per heavy atom. The van der Waals surface area contributed by atoms with E-state index in [0.717, 1.165) is 5.57 Å². The van der Waals surface area contributed by atoms with Gasteiger partial charge in [-0.05, 0) is 62.7 Å². The molecule has 4 aliphatic carbocycles. The largest absolute Gasteiger partial charge is 0.393 e. The van der Waals surface area contributed by atoms with Gasteiger partial charge in [0, 0.05) is 29.6 Å². The second-order valence-corrected chi connectivity index (χ2v) is 14.4. The number of ketones is 2. The molecule has 0 radical (unpaired) electrons. The Hall–Kier alpha value is -1.34. The minimum Gasteiger partial charge on any atom is -0.393 e. The average molecular weight is 503 g/mol. The Balaban J connectivity index is 1.77. The van der Waals surface area contributed by atoms with Crippen LogP contribution >= 0.6 is 0 Å². The predicted octanol–water partition coefficient (Wildman–Crippen LogP) is 3.75. The number of carbonyl (C=O) groups is 2. The lowest BCUT2D eigenvalue weighted by atomic mass is 9.38. The molecule has 4 rings (SSSR count). The van der Waals surface area contributed by atoms with Crippen molar-refractivity contribution < 1.29 is 30.0 Å². The number of aliphatic hydroxyl groups is 4. The van der Waals surface area contributed by atoms with Gasteiger partial charge in [-0.3, -0.25) is 9.59 Å². The van der Waals surface area contributed by atoms with E-state index in [1.807, 2.05) is 20.8 Å². The highest BCUT2D eigenvalue weighted by Crippen LogP contribution is 2.74. The van der Waals surface area contributed by atoms with Crippen LogP contribution in [0.15, 0.2) is 23.8 Å². The molecule has 3 saturated carbocycles. The monoisotopic (exact) mass is 502 g/mol. The summed E-state index contributed by atoms with van der Waals surface area (Å²) in [4.78, 5) is 27.1. The third-order valence-electron chi connectivity index (χ3n) is 11.2. The first-order chi connectivity index (χ1) is 16.2. The maximum Gasteiger partial charge on any atom is 0.162 e. The summed E-state index contributed by atoms with van der Waals surface area (Å²) in [6.07, 6.45) is 5.48. The van der Waals surface area contributed by atoms with Crippen molar-refractivity contribution in [2.24, 2.45) is 39.4 Å². The Kier molecular flexibility index (Phi) is 6.21. The molecule has 0 spiro atoms. The summed E-state index contributed by atoms with van der Waals surface area (Å²) in [5, 5.41) is 43.8. The zero-order valence-electron chi connectivity index (χ0n) is 23.3. The van der Waals surface area contributed by atoms with E-state index in [-0.39, 0.29) is 42.7 Å². The van der Waals surface area contributed by atoms with Gasteiger partial charge in [-0.2, -0.15) is 0 Å². The Bertz CT molecular complexity index is 1010. The van der Waals surface area contributed by atoms with Gasteiger partial charge in [0.05, 0.1) is 17.3 Å². The topological polar surface area (TPSA) is 115 Å². The first kappa shape index (κ1) is 27.7. The van der Waals surface area contributed by atoms with Crippen molar-refractivity contribution in [3.8, 4) is 0 Å². The van der Waals surface area contributed by atoms with Crippen molar-refractivity contribution in [2.45, 2.75) is 111 Å². The summed E-state index contributed by atoms with van der Waals surface area (Å²) in [5.41, 5.74) is -3.83. The lowest BCUT2D eigenvalue weighted by Crippen LogP contribution is -2.65. The fourth-order valence-electron chi connectivity index (χ4n) is 9.17. The molecule has 36 heavy (non-hydrogen) atoms. The molecule has 0 amide bonds. The number of hydrogen-bond donors (Lipinski definition) is 4. The third kappa shape index (κ3) is 3.65. The minimum atomic E-state index is -1.27. The van der Waals surface area contributed by atoms with E-state index < -0.39 is 51.0 Å². The first-order valence-corrected chi connectivity index (χ1v) is 13.5. The minimum absolute atomic E-state index is 0.0880.